The zero-order valence-corrected chi connectivity index (χ0v) is 18.7. The third-order valence-electron chi connectivity index (χ3n) is 5.31. The Bertz CT molecular complexity index is 1270. The van der Waals surface area contributed by atoms with Crippen LogP contribution in [0.2, 0.25) is 0 Å². The summed E-state index contributed by atoms with van der Waals surface area (Å²) in [6.45, 7) is 0.456. The molecule has 2 aromatic carbocycles. The normalized spacial score (nSPS) is 11.7. The predicted molar refractivity (Wildman–Crippen MR) is 132 cm³/mol. The van der Waals surface area contributed by atoms with Gasteiger partial charge in [-0.05, 0) is 41.5 Å². The predicted octanol–water partition coefficient (Wildman–Crippen LogP) is 4.90. The number of benzene rings is 2. The number of rotatable bonds is 8. The number of nitrogens with one attached hydrogen (secondary N) is 2. The minimum atomic E-state index is -0.572. The van der Waals surface area contributed by atoms with Crippen LogP contribution in [0.1, 0.15) is 38.8 Å². The van der Waals surface area contributed by atoms with Crippen molar-refractivity contribution in [2.24, 2.45) is 5.73 Å². The molecule has 2 aromatic heterocycles. The summed E-state index contributed by atoms with van der Waals surface area (Å²) in [5.74, 6) is -0.180. The van der Waals surface area contributed by atoms with Gasteiger partial charge >= 0.3 is 0 Å². The molecule has 5 N–H and O–H groups in total. The monoisotopic (exact) mass is 456 g/mol. The fourth-order valence-corrected chi connectivity index (χ4v) is 4.49. The van der Waals surface area contributed by atoms with E-state index in [-0.39, 0.29) is 18.1 Å². The highest BCUT2D eigenvalue weighted by atomic mass is 32.1. The van der Waals surface area contributed by atoms with Crippen molar-refractivity contribution in [3.8, 4) is 16.2 Å². The van der Waals surface area contributed by atoms with Crippen molar-refractivity contribution >= 4 is 23.0 Å². The molecule has 0 saturated heterocycles. The fourth-order valence-electron chi connectivity index (χ4n) is 3.58. The van der Waals surface area contributed by atoms with Crippen molar-refractivity contribution < 1.29 is 9.90 Å². The van der Waals surface area contributed by atoms with Crippen molar-refractivity contribution in [3.05, 3.63) is 107 Å². The lowest BCUT2D eigenvalue weighted by Crippen LogP contribution is -2.29. The first-order valence-corrected chi connectivity index (χ1v) is 11.3. The molecular weight excluding hydrogens is 432 g/mol. The highest BCUT2D eigenvalue weighted by Crippen LogP contribution is 2.31. The van der Waals surface area contributed by atoms with Crippen LogP contribution in [0.4, 0.5) is 0 Å². The number of phenols is 1. The molecule has 0 spiro atoms. The number of pyridine rings is 1. The second-order valence-electron chi connectivity index (χ2n) is 7.58. The van der Waals surface area contributed by atoms with Gasteiger partial charge in [-0.1, -0.05) is 42.5 Å². The number of aromatic nitrogens is 1. The van der Waals surface area contributed by atoms with Crippen LogP contribution >= 0.6 is 11.3 Å². The number of phenolic OH excluding ortho intramolecular Hbond substituents is 1. The largest absolute Gasteiger partial charge is 0.508 e. The molecule has 4 aromatic rings. The van der Waals surface area contributed by atoms with E-state index in [2.05, 4.69) is 10.3 Å². The van der Waals surface area contributed by atoms with Gasteiger partial charge in [0.15, 0.2) is 0 Å². The Labute approximate surface area is 196 Å². The maximum Gasteiger partial charge on any atom is 0.261 e. The standard InChI is InChI=1S/C26H24N4O2S/c27-15-17-5-3-6-18(13-17)24-10-11-25(33-24)26(32)30-22(20-8-1-2-9-23(20)31)14-21(28)19-7-4-12-29-16-19/h1-13,16,22,28,31H,14-15,27H2,(H,30,32). The zero-order chi connectivity index (χ0) is 23.2. The van der Waals surface area contributed by atoms with Crippen LogP contribution in [0.3, 0.4) is 0 Å². The lowest BCUT2D eigenvalue weighted by atomic mass is 9.97. The van der Waals surface area contributed by atoms with Crippen LogP contribution < -0.4 is 11.1 Å². The Balaban J connectivity index is 1.57. The van der Waals surface area contributed by atoms with Gasteiger partial charge in [-0.3, -0.25) is 9.78 Å². The molecular formula is C26H24N4O2S. The number of hydrogen-bond acceptors (Lipinski definition) is 6. The Kier molecular flexibility index (Phi) is 6.92. The first-order valence-electron chi connectivity index (χ1n) is 10.5. The van der Waals surface area contributed by atoms with Crippen molar-refractivity contribution in [1.82, 2.24) is 10.3 Å². The molecule has 7 heteroatoms. The third kappa shape index (κ3) is 5.34. The van der Waals surface area contributed by atoms with Gasteiger partial charge in [0.2, 0.25) is 0 Å². The summed E-state index contributed by atoms with van der Waals surface area (Å²) in [6.07, 6.45) is 3.48. The molecule has 0 aliphatic rings. The molecule has 0 aliphatic heterocycles. The molecule has 2 heterocycles. The number of carbonyl (C=O) groups excluding carboxylic acids is 1. The van der Waals surface area contributed by atoms with Gasteiger partial charge in [0.25, 0.3) is 5.91 Å². The van der Waals surface area contributed by atoms with E-state index in [4.69, 9.17) is 11.1 Å². The Hall–Kier alpha value is -3.81. The van der Waals surface area contributed by atoms with Gasteiger partial charge in [0.05, 0.1) is 10.9 Å². The van der Waals surface area contributed by atoms with E-state index in [0.717, 1.165) is 16.0 Å². The van der Waals surface area contributed by atoms with Gasteiger partial charge in [-0.2, -0.15) is 0 Å². The number of amides is 1. The topological polar surface area (TPSA) is 112 Å². The molecule has 1 unspecified atom stereocenters. The Morgan fingerprint density at radius 1 is 1.09 bits per heavy atom. The number of nitrogens with zero attached hydrogens (tertiary/aromatic N) is 1. The van der Waals surface area contributed by atoms with Gasteiger partial charge in [0.1, 0.15) is 5.75 Å². The van der Waals surface area contributed by atoms with E-state index < -0.39 is 6.04 Å². The molecule has 33 heavy (non-hydrogen) atoms. The van der Waals surface area contributed by atoms with E-state index in [1.807, 2.05) is 30.3 Å². The summed E-state index contributed by atoms with van der Waals surface area (Å²) in [5.41, 5.74) is 9.35. The first kappa shape index (κ1) is 22.4. The van der Waals surface area contributed by atoms with Crippen LogP contribution in [0.25, 0.3) is 10.4 Å². The molecule has 0 aliphatic carbocycles. The van der Waals surface area contributed by atoms with Gasteiger partial charge in [-0.25, -0.2) is 0 Å². The van der Waals surface area contributed by atoms with Crippen molar-refractivity contribution in [1.29, 1.82) is 5.41 Å². The van der Waals surface area contributed by atoms with Crippen LogP contribution in [-0.4, -0.2) is 21.7 Å². The molecule has 0 radical (unpaired) electrons. The van der Waals surface area contributed by atoms with Gasteiger partial charge in [0, 0.05) is 47.1 Å². The summed E-state index contributed by atoms with van der Waals surface area (Å²) < 4.78 is 0. The number of hydrogen-bond donors (Lipinski definition) is 4. The summed E-state index contributed by atoms with van der Waals surface area (Å²) in [4.78, 5) is 18.7. The maximum atomic E-state index is 13.1. The number of aromatic hydroxyl groups is 1. The van der Waals surface area contributed by atoms with Gasteiger partial charge in [-0.15, -0.1) is 11.3 Å². The molecule has 6 nitrogen and oxygen atoms in total. The van der Waals surface area contributed by atoms with E-state index in [1.165, 1.54) is 11.3 Å². The number of para-hydroxylation sites is 1. The lowest BCUT2D eigenvalue weighted by molar-refractivity contribution is 0.0941. The Morgan fingerprint density at radius 2 is 1.94 bits per heavy atom. The Morgan fingerprint density at radius 3 is 2.70 bits per heavy atom. The van der Waals surface area contributed by atoms with E-state index in [9.17, 15) is 9.90 Å². The van der Waals surface area contributed by atoms with Crippen LogP contribution in [0.5, 0.6) is 5.75 Å². The average Bonchev–Trinajstić information content (AvgIpc) is 3.35. The minimum absolute atomic E-state index is 0.0762. The number of nitrogens with two attached hydrogens (primary N) is 1. The van der Waals surface area contributed by atoms with E-state index >= 15 is 0 Å². The SMILES string of the molecule is N=C(CC(NC(=O)c1ccc(-c2cccc(CN)c2)s1)c1ccccc1O)c1cccnc1. The highest BCUT2D eigenvalue weighted by molar-refractivity contribution is 7.17. The maximum absolute atomic E-state index is 13.1. The van der Waals surface area contributed by atoms with Crippen molar-refractivity contribution in [3.63, 3.8) is 0 Å². The second-order valence-corrected chi connectivity index (χ2v) is 8.66. The number of thiophene rings is 1. The summed E-state index contributed by atoms with van der Waals surface area (Å²) in [7, 11) is 0. The van der Waals surface area contributed by atoms with E-state index in [0.29, 0.717) is 28.3 Å². The van der Waals surface area contributed by atoms with Crippen LogP contribution in [0, 0.1) is 5.41 Å². The molecule has 0 bridgehead atoms. The van der Waals surface area contributed by atoms with Crippen LogP contribution in [0.15, 0.2) is 85.2 Å². The first-order chi connectivity index (χ1) is 16.0. The average molecular weight is 457 g/mol. The second kappa shape index (κ2) is 10.2. The number of carbonyl (C=O) groups is 1. The van der Waals surface area contributed by atoms with Crippen molar-refractivity contribution in [2.45, 2.75) is 19.0 Å². The lowest BCUT2D eigenvalue weighted by Gasteiger charge is -2.20. The summed E-state index contributed by atoms with van der Waals surface area (Å²) in [6, 6.07) is 21.5. The highest BCUT2D eigenvalue weighted by Gasteiger charge is 2.22. The van der Waals surface area contributed by atoms with E-state index in [1.54, 1.807) is 54.9 Å². The minimum Gasteiger partial charge on any atom is -0.508 e. The summed E-state index contributed by atoms with van der Waals surface area (Å²) in [5, 5.41) is 21.9. The zero-order valence-electron chi connectivity index (χ0n) is 17.9. The molecule has 166 valence electrons. The summed E-state index contributed by atoms with van der Waals surface area (Å²) >= 11 is 1.39. The molecule has 1 amide bonds. The quantitative estimate of drug-likeness (QED) is 0.282. The molecule has 4 rings (SSSR count). The third-order valence-corrected chi connectivity index (χ3v) is 6.45. The van der Waals surface area contributed by atoms with Crippen molar-refractivity contribution in [2.75, 3.05) is 0 Å². The smallest absolute Gasteiger partial charge is 0.261 e. The molecule has 0 saturated carbocycles. The molecule has 1 atom stereocenters. The fraction of sp³-hybridized carbons (Fsp3) is 0.115. The van der Waals surface area contributed by atoms with Crippen LogP contribution in [-0.2, 0) is 6.54 Å². The molecule has 0 fully saturated rings. The van der Waals surface area contributed by atoms with Gasteiger partial charge < -0.3 is 21.6 Å².